The molecule has 1 atom stereocenters. The number of hydrogen-bond donors (Lipinski definition) is 1. The summed E-state index contributed by atoms with van der Waals surface area (Å²) in [6, 6.07) is 13.7. The van der Waals surface area contributed by atoms with Crippen LogP contribution in [0.2, 0.25) is 0 Å². The number of aryl methyl sites for hydroxylation is 1. The normalized spacial score (nSPS) is 16.8. The number of pyridine rings is 1. The molecule has 0 radical (unpaired) electrons. The summed E-state index contributed by atoms with van der Waals surface area (Å²) in [6.45, 7) is 6.43. The highest BCUT2D eigenvalue weighted by molar-refractivity contribution is 5.94. The second-order valence-corrected chi connectivity index (χ2v) is 7.15. The first-order chi connectivity index (χ1) is 13.2. The average Bonchev–Trinajstić information content (AvgIpc) is 2.70. The van der Waals surface area contributed by atoms with Gasteiger partial charge in [-0.3, -0.25) is 14.7 Å². The minimum Gasteiger partial charge on any atom is -0.372 e. The van der Waals surface area contributed by atoms with Crippen LogP contribution >= 0.6 is 0 Å². The van der Waals surface area contributed by atoms with E-state index in [9.17, 15) is 4.79 Å². The number of amides is 1. The van der Waals surface area contributed by atoms with Crippen LogP contribution in [0.3, 0.4) is 0 Å². The van der Waals surface area contributed by atoms with E-state index in [1.54, 1.807) is 6.20 Å². The third kappa shape index (κ3) is 5.62. The Bertz CT molecular complexity index is 710. The van der Waals surface area contributed by atoms with E-state index < -0.39 is 0 Å². The first-order valence-electron chi connectivity index (χ1n) is 9.79. The van der Waals surface area contributed by atoms with Gasteiger partial charge in [0.1, 0.15) is 0 Å². The van der Waals surface area contributed by atoms with Crippen LogP contribution in [0.5, 0.6) is 0 Å². The van der Waals surface area contributed by atoms with E-state index in [2.05, 4.69) is 22.1 Å². The number of ether oxygens (including phenoxy) is 1. The highest BCUT2D eigenvalue weighted by atomic mass is 16.5. The topological polar surface area (TPSA) is 54.5 Å². The predicted octanol–water partition coefficient (Wildman–Crippen LogP) is 3.79. The molecule has 2 heterocycles. The van der Waals surface area contributed by atoms with E-state index in [-0.39, 0.29) is 18.1 Å². The fourth-order valence-corrected chi connectivity index (χ4v) is 3.51. The minimum atomic E-state index is -0.0944. The Hall–Kier alpha value is -2.24. The summed E-state index contributed by atoms with van der Waals surface area (Å²) in [5, 5.41) is 3.06. The molecule has 3 rings (SSSR count). The summed E-state index contributed by atoms with van der Waals surface area (Å²) in [6.07, 6.45) is 4.72. The van der Waals surface area contributed by atoms with Gasteiger partial charge in [0.2, 0.25) is 5.91 Å². The molecule has 1 saturated heterocycles. The summed E-state index contributed by atoms with van der Waals surface area (Å²) in [4.78, 5) is 19.3. The van der Waals surface area contributed by atoms with Crippen molar-refractivity contribution >= 4 is 11.6 Å². The van der Waals surface area contributed by atoms with Crippen molar-refractivity contribution < 1.29 is 9.53 Å². The molecule has 0 bridgehead atoms. The summed E-state index contributed by atoms with van der Waals surface area (Å²) >= 11 is 0. The second kappa shape index (κ2) is 9.62. The highest BCUT2D eigenvalue weighted by Crippen LogP contribution is 2.20. The number of nitrogens with one attached hydrogen (secondary N) is 1. The van der Waals surface area contributed by atoms with Crippen LogP contribution in [-0.4, -0.2) is 41.0 Å². The number of piperidine rings is 1. The van der Waals surface area contributed by atoms with E-state index in [1.807, 2.05) is 49.4 Å². The first-order valence-corrected chi connectivity index (χ1v) is 9.79. The molecular formula is C22H29N3O2. The molecule has 1 unspecified atom stereocenters. The number of benzene rings is 1. The molecule has 0 saturated carbocycles. The molecule has 1 aliphatic rings. The van der Waals surface area contributed by atoms with E-state index in [0.717, 1.165) is 43.7 Å². The molecule has 1 aromatic carbocycles. The lowest BCUT2D eigenvalue weighted by Crippen LogP contribution is -2.48. The third-order valence-corrected chi connectivity index (χ3v) is 5.12. The van der Waals surface area contributed by atoms with E-state index in [4.69, 9.17) is 4.74 Å². The fraction of sp³-hybridized carbons (Fsp3) is 0.455. The van der Waals surface area contributed by atoms with Crippen LogP contribution in [0.4, 0.5) is 5.69 Å². The largest absolute Gasteiger partial charge is 0.372 e. The van der Waals surface area contributed by atoms with E-state index in [0.29, 0.717) is 6.61 Å². The van der Waals surface area contributed by atoms with Crippen molar-refractivity contribution in [1.29, 1.82) is 0 Å². The number of carbonyl (C=O) groups is 1. The molecule has 0 aliphatic carbocycles. The zero-order valence-electron chi connectivity index (χ0n) is 16.2. The molecule has 1 aliphatic heterocycles. The summed E-state index contributed by atoms with van der Waals surface area (Å²) in [5.74, 6) is 0.0780. The van der Waals surface area contributed by atoms with Crippen LogP contribution < -0.4 is 5.32 Å². The Kier molecular flexibility index (Phi) is 6.96. The van der Waals surface area contributed by atoms with Crippen LogP contribution in [0, 0.1) is 6.92 Å². The standard InChI is InChI=1S/C22H29N3O2/c1-3-21(22(26)24-18-9-7-17(2)8-10-18)25-14-11-20(12-15-25)27-16-19-6-4-5-13-23-19/h4-10,13,20-21H,3,11-12,14-16H2,1-2H3,(H,24,26). The quantitative estimate of drug-likeness (QED) is 0.809. The summed E-state index contributed by atoms with van der Waals surface area (Å²) in [7, 11) is 0. The van der Waals surface area contributed by atoms with Gasteiger partial charge in [-0.25, -0.2) is 0 Å². The molecule has 1 fully saturated rings. The van der Waals surface area contributed by atoms with Gasteiger partial charge < -0.3 is 10.1 Å². The van der Waals surface area contributed by atoms with E-state index >= 15 is 0 Å². The Morgan fingerprint density at radius 1 is 1.22 bits per heavy atom. The summed E-state index contributed by atoms with van der Waals surface area (Å²) < 4.78 is 6.01. The van der Waals surface area contributed by atoms with Crippen molar-refractivity contribution in [3.63, 3.8) is 0 Å². The molecule has 27 heavy (non-hydrogen) atoms. The molecule has 1 amide bonds. The van der Waals surface area contributed by atoms with Crippen molar-refractivity contribution in [1.82, 2.24) is 9.88 Å². The van der Waals surface area contributed by atoms with Gasteiger partial charge in [-0.1, -0.05) is 30.7 Å². The van der Waals surface area contributed by atoms with Crippen molar-refractivity contribution in [2.45, 2.75) is 51.9 Å². The zero-order chi connectivity index (χ0) is 19.1. The van der Waals surface area contributed by atoms with Gasteiger partial charge in [-0.05, 0) is 50.5 Å². The molecule has 0 spiro atoms. The van der Waals surface area contributed by atoms with Gasteiger partial charge in [0.15, 0.2) is 0 Å². The van der Waals surface area contributed by atoms with Crippen molar-refractivity contribution in [3.05, 3.63) is 59.9 Å². The number of rotatable bonds is 7. The van der Waals surface area contributed by atoms with E-state index in [1.165, 1.54) is 5.56 Å². The maximum Gasteiger partial charge on any atom is 0.241 e. The van der Waals surface area contributed by atoms with Crippen molar-refractivity contribution in [2.24, 2.45) is 0 Å². The van der Waals surface area contributed by atoms with Gasteiger partial charge in [-0.15, -0.1) is 0 Å². The van der Waals surface area contributed by atoms with Gasteiger partial charge in [0, 0.05) is 25.0 Å². The number of aromatic nitrogens is 1. The third-order valence-electron chi connectivity index (χ3n) is 5.12. The molecule has 5 heteroatoms. The summed E-state index contributed by atoms with van der Waals surface area (Å²) in [5.41, 5.74) is 3.01. The highest BCUT2D eigenvalue weighted by Gasteiger charge is 2.29. The molecule has 1 aromatic heterocycles. The molecule has 1 N–H and O–H groups in total. The number of hydrogen-bond acceptors (Lipinski definition) is 4. The van der Waals surface area contributed by atoms with Gasteiger partial charge in [0.25, 0.3) is 0 Å². The first kappa shape index (κ1) is 19.5. The average molecular weight is 367 g/mol. The van der Waals surface area contributed by atoms with Crippen molar-refractivity contribution in [3.8, 4) is 0 Å². The van der Waals surface area contributed by atoms with Gasteiger partial charge in [0.05, 0.1) is 24.4 Å². The number of carbonyl (C=O) groups excluding carboxylic acids is 1. The van der Waals surface area contributed by atoms with Crippen LogP contribution in [0.25, 0.3) is 0 Å². The lowest BCUT2D eigenvalue weighted by molar-refractivity contribution is -0.122. The maximum absolute atomic E-state index is 12.7. The monoisotopic (exact) mass is 367 g/mol. The zero-order valence-corrected chi connectivity index (χ0v) is 16.2. The second-order valence-electron chi connectivity index (χ2n) is 7.15. The number of likely N-dealkylation sites (tertiary alicyclic amines) is 1. The minimum absolute atomic E-state index is 0.0780. The molecule has 5 nitrogen and oxygen atoms in total. The fourth-order valence-electron chi connectivity index (χ4n) is 3.51. The molecule has 144 valence electrons. The Labute approximate surface area is 161 Å². The lowest BCUT2D eigenvalue weighted by Gasteiger charge is -2.36. The van der Waals surface area contributed by atoms with Gasteiger partial charge in [-0.2, -0.15) is 0 Å². The van der Waals surface area contributed by atoms with Crippen LogP contribution in [0.15, 0.2) is 48.7 Å². The Balaban J connectivity index is 1.47. The Morgan fingerprint density at radius 3 is 2.59 bits per heavy atom. The van der Waals surface area contributed by atoms with Crippen molar-refractivity contribution in [2.75, 3.05) is 18.4 Å². The molecule has 2 aromatic rings. The lowest BCUT2D eigenvalue weighted by atomic mass is 10.0. The smallest absolute Gasteiger partial charge is 0.241 e. The maximum atomic E-state index is 12.7. The predicted molar refractivity (Wildman–Crippen MR) is 108 cm³/mol. The number of anilines is 1. The van der Waals surface area contributed by atoms with Crippen LogP contribution in [-0.2, 0) is 16.1 Å². The molecular weight excluding hydrogens is 338 g/mol. The SMILES string of the molecule is CCC(C(=O)Nc1ccc(C)cc1)N1CCC(OCc2ccccn2)CC1. The van der Waals surface area contributed by atoms with Gasteiger partial charge >= 0.3 is 0 Å². The van der Waals surface area contributed by atoms with Crippen LogP contribution in [0.1, 0.15) is 37.4 Å². The number of nitrogens with zero attached hydrogens (tertiary/aromatic N) is 2. The Morgan fingerprint density at radius 2 is 1.96 bits per heavy atom.